The zero-order valence-electron chi connectivity index (χ0n) is 30.7. The molecule has 0 aliphatic heterocycles. The summed E-state index contributed by atoms with van der Waals surface area (Å²) in [5.41, 5.74) is 8.80. The Morgan fingerprint density at radius 1 is 0.538 bits per heavy atom. The van der Waals surface area contributed by atoms with Crippen LogP contribution in [0.4, 0.5) is 0 Å². The average Bonchev–Trinajstić information content (AvgIpc) is 3.76. The molecule has 2 aromatic heterocycles. The highest BCUT2D eigenvalue weighted by molar-refractivity contribution is 6.14. The third-order valence-corrected chi connectivity index (χ3v) is 9.91. The number of para-hydroxylation sites is 2. The molecule has 0 saturated heterocycles. The molecule has 7 aromatic carbocycles. The second kappa shape index (κ2) is 12.0. The highest BCUT2D eigenvalue weighted by Gasteiger charge is 2.34. The summed E-state index contributed by atoms with van der Waals surface area (Å²) in [5, 5.41) is 13.0. The summed E-state index contributed by atoms with van der Waals surface area (Å²) < 4.78 is 31.2. The lowest BCUT2D eigenvalue weighted by atomic mass is 9.84. The van der Waals surface area contributed by atoms with Gasteiger partial charge >= 0.3 is 0 Å². The van der Waals surface area contributed by atoms with Gasteiger partial charge in [0.05, 0.1) is 26.8 Å². The first-order valence-electron chi connectivity index (χ1n) is 18.6. The van der Waals surface area contributed by atoms with Crippen LogP contribution in [0.25, 0.3) is 72.8 Å². The molecule has 0 fully saturated rings. The Kier molecular flexibility index (Phi) is 6.16. The molecule has 9 aromatic rings. The van der Waals surface area contributed by atoms with Crippen LogP contribution >= 0.6 is 0 Å². The Balaban J connectivity index is 1.26. The number of nitrogens with zero attached hydrogens (tertiary/aromatic N) is 5. The van der Waals surface area contributed by atoms with Crippen LogP contribution < -0.4 is 0 Å². The first-order valence-corrected chi connectivity index (χ1v) is 17.1. The van der Waals surface area contributed by atoms with Crippen molar-refractivity contribution >= 4 is 21.8 Å². The second-order valence-corrected chi connectivity index (χ2v) is 12.8. The maximum Gasteiger partial charge on any atom is 0.164 e. The van der Waals surface area contributed by atoms with E-state index in [0.29, 0.717) is 17.2 Å². The number of benzene rings is 7. The van der Waals surface area contributed by atoms with Crippen LogP contribution in [0.5, 0.6) is 0 Å². The van der Waals surface area contributed by atoms with E-state index in [9.17, 15) is 9.37 Å². The Bertz CT molecular complexity index is 2970. The van der Waals surface area contributed by atoms with E-state index in [1.54, 1.807) is 0 Å². The topological polar surface area (TPSA) is 67.4 Å². The van der Waals surface area contributed by atoms with E-state index >= 15 is 0 Å². The van der Waals surface area contributed by atoms with Gasteiger partial charge in [0.1, 0.15) is 0 Å². The maximum atomic E-state index is 11.0. The molecule has 0 radical (unpaired) electrons. The van der Waals surface area contributed by atoms with Gasteiger partial charge in [0.25, 0.3) is 0 Å². The van der Waals surface area contributed by atoms with Crippen LogP contribution in [0, 0.1) is 11.3 Å². The normalized spacial score (nSPS) is 14.0. The summed E-state index contributed by atoms with van der Waals surface area (Å²) in [6, 6.07) is 51.6. The molecule has 0 spiro atoms. The first kappa shape index (κ1) is 26.7. The van der Waals surface area contributed by atoms with E-state index in [2.05, 4.69) is 53.1 Å². The van der Waals surface area contributed by atoms with Crippen molar-refractivity contribution in [2.45, 2.75) is 5.92 Å². The van der Waals surface area contributed by atoms with Gasteiger partial charge in [-0.3, -0.25) is 0 Å². The predicted octanol–water partition coefficient (Wildman–Crippen LogP) is 11.0. The van der Waals surface area contributed by atoms with Crippen LogP contribution in [0.2, 0.25) is 0 Å². The molecular weight excluding hydrogens is 635 g/mol. The molecule has 0 amide bonds. The number of hydrogen-bond acceptors (Lipinski definition) is 4. The van der Waals surface area contributed by atoms with Gasteiger partial charge in [0.2, 0.25) is 0 Å². The molecule has 1 atom stereocenters. The van der Waals surface area contributed by atoms with Crippen molar-refractivity contribution in [3.63, 3.8) is 0 Å². The van der Waals surface area contributed by atoms with Crippen LogP contribution in [0.3, 0.4) is 0 Å². The molecule has 10 rings (SSSR count). The highest BCUT2D eigenvalue weighted by Crippen LogP contribution is 2.53. The van der Waals surface area contributed by atoms with Gasteiger partial charge in [0, 0.05) is 39.1 Å². The molecule has 2 heterocycles. The van der Waals surface area contributed by atoms with Crippen LogP contribution in [0.1, 0.15) is 32.3 Å². The Morgan fingerprint density at radius 2 is 1.13 bits per heavy atom. The fourth-order valence-corrected chi connectivity index (χ4v) is 7.68. The van der Waals surface area contributed by atoms with Crippen molar-refractivity contribution in [2.75, 3.05) is 0 Å². The highest BCUT2D eigenvalue weighted by atomic mass is 15.0. The summed E-state index contributed by atoms with van der Waals surface area (Å²) in [6.45, 7) is 0. The monoisotopic (exact) mass is 666 g/mol. The number of hydrogen-bond donors (Lipinski definition) is 0. The molecule has 0 N–H and O–H groups in total. The van der Waals surface area contributed by atoms with E-state index in [0.717, 1.165) is 60.9 Å². The Labute approximate surface area is 305 Å². The summed E-state index contributed by atoms with van der Waals surface area (Å²) in [7, 11) is 0. The van der Waals surface area contributed by atoms with Crippen molar-refractivity contribution in [3.8, 4) is 57.0 Å². The molecule has 1 aliphatic rings. The van der Waals surface area contributed by atoms with E-state index in [-0.39, 0.29) is 35.1 Å². The summed E-state index contributed by atoms with van der Waals surface area (Å²) >= 11 is 0. The maximum absolute atomic E-state index is 11.0. The molecule has 1 aliphatic carbocycles. The fourth-order valence-electron chi connectivity index (χ4n) is 7.68. The summed E-state index contributed by atoms with van der Waals surface area (Å²) in [5.74, 6) is 0.216. The number of aromatic nitrogens is 4. The summed E-state index contributed by atoms with van der Waals surface area (Å²) in [6.07, 6.45) is 0. The third-order valence-electron chi connectivity index (χ3n) is 9.91. The average molecular weight is 667 g/mol. The van der Waals surface area contributed by atoms with Gasteiger partial charge in [0.15, 0.2) is 17.5 Å². The molecule has 242 valence electrons. The molecule has 0 saturated carbocycles. The van der Waals surface area contributed by atoms with Crippen molar-refractivity contribution in [1.29, 1.82) is 5.26 Å². The molecule has 0 bridgehead atoms. The number of nitriles is 1. The van der Waals surface area contributed by atoms with Crippen molar-refractivity contribution in [3.05, 3.63) is 192 Å². The van der Waals surface area contributed by atoms with Gasteiger partial charge in [-0.15, -0.1) is 0 Å². The van der Waals surface area contributed by atoms with Gasteiger partial charge < -0.3 is 4.57 Å². The SMILES string of the molecule is [2H]c1c([2H])c(C2c3ccccc3-c3ccc4c(c32)c2ccccc2n4-c2ccccc2)c(C#N)c([2H])c1-c1nc(-c2ccccc2)nc(-c2ccccc2)n1. The van der Waals surface area contributed by atoms with Gasteiger partial charge in [-0.2, -0.15) is 5.26 Å². The predicted molar refractivity (Wildman–Crippen MR) is 208 cm³/mol. The zero-order chi connectivity index (χ0) is 37.2. The molecule has 5 nitrogen and oxygen atoms in total. The molecule has 1 unspecified atom stereocenters. The minimum Gasteiger partial charge on any atom is -0.309 e. The van der Waals surface area contributed by atoms with Crippen molar-refractivity contribution < 1.29 is 4.11 Å². The Morgan fingerprint density at radius 3 is 1.83 bits per heavy atom. The lowest BCUT2D eigenvalue weighted by Crippen LogP contribution is -2.04. The molecule has 52 heavy (non-hydrogen) atoms. The van der Waals surface area contributed by atoms with Crippen molar-refractivity contribution in [2.24, 2.45) is 0 Å². The first-order chi connectivity index (χ1) is 27.0. The van der Waals surface area contributed by atoms with E-state index in [1.807, 2.05) is 109 Å². The lowest BCUT2D eigenvalue weighted by Gasteiger charge is -2.18. The lowest BCUT2D eigenvalue weighted by molar-refractivity contribution is 1.02. The van der Waals surface area contributed by atoms with Gasteiger partial charge in [-0.1, -0.05) is 139 Å². The third kappa shape index (κ3) is 4.66. The number of rotatable bonds is 5. The minimum absolute atomic E-state index is 0.0208. The van der Waals surface area contributed by atoms with E-state index in [1.165, 1.54) is 0 Å². The number of fused-ring (bicyclic) bond motifs is 7. The molecule has 5 heteroatoms. The van der Waals surface area contributed by atoms with Gasteiger partial charge in [-0.05, 0) is 58.1 Å². The second-order valence-electron chi connectivity index (χ2n) is 12.8. The standard InChI is InChI=1S/C47H29N5/c48-29-33-28-32(47-50-45(30-14-4-1-5-15-30)49-46(51-47)31-16-6-2-7-17-31)24-25-35(33)42-37-21-11-10-20-36(37)38-26-27-41-43(44(38)42)39-22-12-13-23-40(39)52(41)34-18-8-3-9-19-34/h1-28,42H/i24D,25D,28D. The smallest absolute Gasteiger partial charge is 0.164 e. The van der Waals surface area contributed by atoms with Crippen LogP contribution in [-0.2, 0) is 0 Å². The molecular formula is C47H29N5. The zero-order valence-corrected chi connectivity index (χ0v) is 27.7. The van der Waals surface area contributed by atoms with Crippen LogP contribution in [0.15, 0.2) is 170 Å². The van der Waals surface area contributed by atoms with Gasteiger partial charge in [-0.25, -0.2) is 15.0 Å². The Hall–Kier alpha value is -7.16. The quantitative estimate of drug-likeness (QED) is 0.183. The minimum atomic E-state index is -0.590. The summed E-state index contributed by atoms with van der Waals surface area (Å²) in [4.78, 5) is 14.3. The largest absolute Gasteiger partial charge is 0.309 e. The van der Waals surface area contributed by atoms with E-state index < -0.39 is 5.92 Å². The van der Waals surface area contributed by atoms with E-state index in [4.69, 9.17) is 15.0 Å². The van der Waals surface area contributed by atoms with Crippen molar-refractivity contribution in [1.82, 2.24) is 19.5 Å². The fraction of sp³-hybridized carbons (Fsp3) is 0.0213. The van der Waals surface area contributed by atoms with Crippen LogP contribution in [-0.4, -0.2) is 19.5 Å².